The molecular weight excluding hydrogens is 427 g/mol. The van der Waals surface area contributed by atoms with E-state index in [0.717, 1.165) is 51.0 Å². The average Bonchev–Trinajstić information content (AvgIpc) is 2.84. The Balaban J connectivity index is 1.14. The second-order valence-corrected chi connectivity index (χ2v) is 9.27. The molecule has 2 aromatic rings. The van der Waals surface area contributed by atoms with E-state index >= 15 is 0 Å². The number of hydrogen-bond donors (Lipinski definition) is 1. The molecule has 33 heavy (non-hydrogen) atoms. The molecule has 1 N–H and O–H groups in total. The van der Waals surface area contributed by atoms with Crippen molar-refractivity contribution in [2.24, 2.45) is 11.8 Å². The number of halogens is 3. The molecule has 0 bridgehead atoms. The van der Waals surface area contributed by atoms with Gasteiger partial charge in [0.15, 0.2) is 17.5 Å². The molecule has 0 aliphatic carbocycles. The summed E-state index contributed by atoms with van der Waals surface area (Å²) >= 11 is 0. The van der Waals surface area contributed by atoms with Crippen LogP contribution in [0.25, 0.3) is 0 Å². The van der Waals surface area contributed by atoms with Crippen molar-refractivity contribution in [2.45, 2.75) is 38.6 Å². The Hall–Kier alpha value is -2.54. The Bertz CT molecular complexity index is 901. The van der Waals surface area contributed by atoms with Crippen LogP contribution >= 0.6 is 0 Å². The number of benzene rings is 2. The van der Waals surface area contributed by atoms with E-state index in [4.69, 9.17) is 0 Å². The minimum absolute atomic E-state index is 0.0626. The number of piperidine rings is 2. The molecule has 2 fully saturated rings. The predicted molar refractivity (Wildman–Crippen MR) is 123 cm³/mol. The van der Waals surface area contributed by atoms with Crippen molar-refractivity contribution >= 4 is 11.6 Å². The first kappa shape index (κ1) is 23.6. The smallest absolute Gasteiger partial charge is 0.223 e. The van der Waals surface area contributed by atoms with Crippen molar-refractivity contribution in [3.63, 3.8) is 0 Å². The molecule has 0 saturated carbocycles. The lowest BCUT2D eigenvalue weighted by Crippen LogP contribution is -2.41. The lowest BCUT2D eigenvalue weighted by molar-refractivity contribution is -0.125. The minimum atomic E-state index is -1.45. The largest absolute Gasteiger partial charge is 0.371 e. The molecule has 2 aliphatic heterocycles. The van der Waals surface area contributed by atoms with Gasteiger partial charge in [0.2, 0.25) is 5.91 Å². The molecular formula is C26H32F3N3O. The van der Waals surface area contributed by atoms with E-state index in [1.165, 1.54) is 5.56 Å². The van der Waals surface area contributed by atoms with Gasteiger partial charge in [0, 0.05) is 49.9 Å². The van der Waals surface area contributed by atoms with E-state index in [0.29, 0.717) is 44.1 Å². The van der Waals surface area contributed by atoms with E-state index in [9.17, 15) is 18.0 Å². The maximum Gasteiger partial charge on any atom is 0.223 e. The van der Waals surface area contributed by atoms with E-state index in [1.54, 1.807) is 4.90 Å². The highest BCUT2D eigenvalue weighted by Crippen LogP contribution is 2.27. The Morgan fingerprint density at radius 1 is 0.909 bits per heavy atom. The lowest BCUT2D eigenvalue weighted by Gasteiger charge is -2.33. The number of carbonyl (C=O) groups excluding carboxylic acids is 1. The van der Waals surface area contributed by atoms with Gasteiger partial charge in [-0.3, -0.25) is 9.69 Å². The van der Waals surface area contributed by atoms with Gasteiger partial charge in [-0.05, 0) is 56.7 Å². The molecule has 4 nitrogen and oxygen atoms in total. The summed E-state index contributed by atoms with van der Waals surface area (Å²) < 4.78 is 40.2. The second kappa shape index (κ2) is 11.1. The highest BCUT2D eigenvalue weighted by molar-refractivity contribution is 5.79. The van der Waals surface area contributed by atoms with Gasteiger partial charge in [0.25, 0.3) is 0 Å². The number of amides is 1. The first-order chi connectivity index (χ1) is 16.0. The van der Waals surface area contributed by atoms with Crippen LogP contribution in [0.4, 0.5) is 18.9 Å². The van der Waals surface area contributed by atoms with Crippen LogP contribution in [-0.2, 0) is 11.3 Å². The summed E-state index contributed by atoms with van der Waals surface area (Å²) in [5.41, 5.74) is 1.67. The van der Waals surface area contributed by atoms with Crippen LogP contribution < -0.4 is 10.2 Å². The molecule has 0 unspecified atom stereocenters. The Labute approximate surface area is 193 Å². The summed E-state index contributed by atoms with van der Waals surface area (Å²) in [6.07, 6.45) is 4.55. The van der Waals surface area contributed by atoms with Gasteiger partial charge in [0.05, 0.1) is 0 Å². The minimum Gasteiger partial charge on any atom is -0.371 e. The quantitative estimate of drug-likeness (QED) is 0.608. The third-order valence-corrected chi connectivity index (χ3v) is 7.01. The van der Waals surface area contributed by atoms with Crippen molar-refractivity contribution < 1.29 is 18.0 Å². The van der Waals surface area contributed by atoms with Crippen LogP contribution in [0.15, 0.2) is 42.5 Å². The molecule has 2 aliphatic rings. The van der Waals surface area contributed by atoms with Crippen LogP contribution in [0.3, 0.4) is 0 Å². The monoisotopic (exact) mass is 459 g/mol. The standard InChI is InChI=1S/C26H32F3N3O/c27-23-16-22(17-24(28)25(23)29)32-14-9-21(10-15-32)26(33)30-11-6-19-7-12-31(13-8-19)18-20-4-2-1-3-5-20/h1-5,16-17,19,21H,6-15,18H2,(H,30,33). The third kappa shape index (κ3) is 6.28. The number of carbonyl (C=O) groups is 1. The van der Waals surface area contributed by atoms with Gasteiger partial charge in [-0.15, -0.1) is 0 Å². The Morgan fingerprint density at radius 3 is 2.18 bits per heavy atom. The van der Waals surface area contributed by atoms with E-state index in [2.05, 4.69) is 34.5 Å². The van der Waals surface area contributed by atoms with Crippen LogP contribution in [-0.4, -0.2) is 43.5 Å². The van der Waals surface area contributed by atoms with Gasteiger partial charge in [-0.2, -0.15) is 0 Å². The average molecular weight is 460 g/mol. The summed E-state index contributed by atoms with van der Waals surface area (Å²) in [6, 6.07) is 12.6. The molecule has 1 amide bonds. The SMILES string of the molecule is O=C(NCCC1CCN(Cc2ccccc2)CC1)C1CCN(c2cc(F)c(F)c(F)c2)CC1. The van der Waals surface area contributed by atoms with Crippen LogP contribution in [0.1, 0.15) is 37.7 Å². The number of anilines is 1. The van der Waals surface area contributed by atoms with Crippen LogP contribution in [0, 0.1) is 29.3 Å². The number of rotatable bonds is 7. The van der Waals surface area contributed by atoms with Crippen LogP contribution in [0.2, 0.25) is 0 Å². The molecule has 0 atom stereocenters. The van der Waals surface area contributed by atoms with Crippen molar-refractivity contribution in [2.75, 3.05) is 37.6 Å². The summed E-state index contributed by atoms with van der Waals surface area (Å²) in [7, 11) is 0. The lowest BCUT2D eigenvalue weighted by atomic mass is 9.92. The number of hydrogen-bond acceptors (Lipinski definition) is 3. The number of nitrogens with zero attached hydrogens (tertiary/aromatic N) is 2. The van der Waals surface area contributed by atoms with Gasteiger partial charge >= 0.3 is 0 Å². The van der Waals surface area contributed by atoms with Gasteiger partial charge in [-0.25, -0.2) is 13.2 Å². The maximum absolute atomic E-state index is 13.5. The summed E-state index contributed by atoms with van der Waals surface area (Å²) in [4.78, 5) is 16.9. The van der Waals surface area contributed by atoms with E-state index in [1.807, 2.05) is 6.07 Å². The first-order valence-electron chi connectivity index (χ1n) is 11.9. The molecule has 2 heterocycles. The first-order valence-corrected chi connectivity index (χ1v) is 11.9. The summed E-state index contributed by atoms with van der Waals surface area (Å²) in [6.45, 7) is 4.91. The molecule has 0 spiro atoms. The maximum atomic E-state index is 13.5. The van der Waals surface area contributed by atoms with Gasteiger partial charge < -0.3 is 10.2 Å². The normalized spacial score (nSPS) is 18.5. The second-order valence-electron chi connectivity index (χ2n) is 9.27. The van der Waals surface area contributed by atoms with E-state index < -0.39 is 17.5 Å². The fourth-order valence-electron chi connectivity index (χ4n) is 4.94. The summed E-state index contributed by atoms with van der Waals surface area (Å²) in [5, 5.41) is 3.09. The molecule has 4 rings (SSSR count). The van der Waals surface area contributed by atoms with Crippen LogP contribution in [0.5, 0.6) is 0 Å². The molecule has 0 radical (unpaired) electrons. The van der Waals surface area contributed by atoms with Crippen molar-refractivity contribution in [1.82, 2.24) is 10.2 Å². The predicted octanol–water partition coefficient (Wildman–Crippen LogP) is 4.74. The van der Waals surface area contributed by atoms with Crippen molar-refractivity contribution in [3.05, 3.63) is 65.5 Å². The number of nitrogens with one attached hydrogen (secondary N) is 1. The fourth-order valence-corrected chi connectivity index (χ4v) is 4.94. The third-order valence-electron chi connectivity index (χ3n) is 7.01. The van der Waals surface area contributed by atoms with Gasteiger partial charge in [-0.1, -0.05) is 30.3 Å². The Kier molecular flexibility index (Phi) is 7.91. The molecule has 178 valence electrons. The van der Waals surface area contributed by atoms with Gasteiger partial charge in [0.1, 0.15) is 0 Å². The molecule has 2 aromatic carbocycles. The zero-order valence-electron chi connectivity index (χ0n) is 18.9. The zero-order valence-corrected chi connectivity index (χ0v) is 18.9. The topological polar surface area (TPSA) is 35.6 Å². The fraction of sp³-hybridized carbons (Fsp3) is 0.500. The highest BCUT2D eigenvalue weighted by Gasteiger charge is 2.26. The zero-order chi connectivity index (χ0) is 23.2. The highest BCUT2D eigenvalue weighted by atomic mass is 19.2. The van der Waals surface area contributed by atoms with E-state index in [-0.39, 0.29) is 11.8 Å². The number of likely N-dealkylation sites (tertiary alicyclic amines) is 1. The van der Waals surface area contributed by atoms with Crippen molar-refractivity contribution in [3.8, 4) is 0 Å². The Morgan fingerprint density at radius 2 is 1.55 bits per heavy atom. The molecule has 2 saturated heterocycles. The summed E-state index contributed by atoms with van der Waals surface area (Å²) in [5.74, 6) is -3.21. The molecule has 0 aromatic heterocycles. The van der Waals surface area contributed by atoms with Crippen molar-refractivity contribution in [1.29, 1.82) is 0 Å². The molecule has 7 heteroatoms.